The van der Waals surface area contributed by atoms with Crippen LogP contribution in [0, 0.1) is 10.1 Å². The van der Waals surface area contributed by atoms with Crippen LogP contribution in [0.1, 0.15) is 17.2 Å². The summed E-state index contributed by atoms with van der Waals surface area (Å²) in [5.41, 5.74) is 1.12. The molecule has 2 atom stereocenters. The second-order valence-corrected chi connectivity index (χ2v) is 6.42. The Bertz CT molecular complexity index is 1010. The number of alkyl carbamates (subject to hydrolysis) is 1. The lowest BCUT2D eigenvalue weighted by atomic mass is 10.1. The van der Waals surface area contributed by atoms with Crippen LogP contribution in [0.25, 0.3) is 5.69 Å². The van der Waals surface area contributed by atoms with Crippen molar-refractivity contribution in [3.05, 3.63) is 88.2 Å². The zero-order chi connectivity index (χ0) is 21.5. The molecule has 0 aliphatic rings. The summed E-state index contributed by atoms with van der Waals surface area (Å²) in [6.45, 7) is -0.181. The van der Waals surface area contributed by atoms with Gasteiger partial charge in [-0.15, -0.1) is 0 Å². The average molecular weight is 412 g/mol. The number of amides is 1. The van der Waals surface area contributed by atoms with Gasteiger partial charge in [-0.2, -0.15) is 5.10 Å². The van der Waals surface area contributed by atoms with E-state index in [1.807, 2.05) is 18.2 Å². The molecule has 0 radical (unpaired) electrons. The lowest BCUT2D eigenvalue weighted by molar-refractivity contribution is -0.384. The van der Waals surface area contributed by atoms with E-state index >= 15 is 0 Å². The lowest BCUT2D eigenvalue weighted by Crippen LogP contribution is -2.35. The zero-order valence-electron chi connectivity index (χ0n) is 15.8. The molecule has 2 unspecified atom stereocenters. The fourth-order valence-electron chi connectivity index (χ4n) is 2.73. The van der Waals surface area contributed by atoms with Crippen LogP contribution in [0.5, 0.6) is 0 Å². The van der Waals surface area contributed by atoms with Crippen LogP contribution < -0.4 is 5.32 Å². The van der Waals surface area contributed by atoms with E-state index in [0.717, 1.165) is 5.56 Å². The number of benzene rings is 2. The predicted octanol–water partition coefficient (Wildman–Crippen LogP) is 2.10. The first-order chi connectivity index (χ1) is 14.5. The van der Waals surface area contributed by atoms with Crippen molar-refractivity contribution in [3.63, 3.8) is 0 Å². The van der Waals surface area contributed by atoms with Crippen molar-refractivity contribution in [2.24, 2.45) is 0 Å². The minimum Gasteiger partial charge on any atom is -0.445 e. The van der Waals surface area contributed by atoms with Gasteiger partial charge < -0.3 is 20.3 Å². The van der Waals surface area contributed by atoms with Crippen molar-refractivity contribution in [3.8, 4) is 5.69 Å². The minimum absolute atomic E-state index is 0.0773. The third kappa shape index (κ3) is 5.19. The molecule has 3 rings (SSSR count). The molecule has 0 saturated carbocycles. The van der Waals surface area contributed by atoms with Crippen molar-refractivity contribution in [2.75, 3.05) is 6.54 Å². The van der Waals surface area contributed by atoms with E-state index in [2.05, 4.69) is 10.4 Å². The molecule has 0 aliphatic heterocycles. The molecule has 3 N–H and O–H groups in total. The molecule has 156 valence electrons. The topological polar surface area (TPSA) is 140 Å². The smallest absolute Gasteiger partial charge is 0.407 e. The third-order valence-electron chi connectivity index (χ3n) is 4.30. The molecular formula is C20H20N4O6. The summed E-state index contributed by atoms with van der Waals surface area (Å²) in [7, 11) is 0. The molecule has 3 aromatic rings. The van der Waals surface area contributed by atoms with Gasteiger partial charge in [0.05, 0.1) is 11.1 Å². The van der Waals surface area contributed by atoms with Gasteiger partial charge in [0.25, 0.3) is 5.69 Å². The molecule has 10 heteroatoms. The number of ether oxygens (including phenoxy) is 1. The number of nitro benzene ring substituents is 1. The molecule has 1 amide bonds. The van der Waals surface area contributed by atoms with Crippen LogP contribution in [-0.4, -0.2) is 43.7 Å². The van der Waals surface area contributed by atoms with Crippen LogP contribution in [0.2, 0.25) is 0 Å². The lowest BCUT2D eigenvalue weighted by Gasteiger charge is -2.17. The maximum atomic E-state index is 11.8. The molecule has 0 spiro atoms. The van der Waals surface area contributed by atoms with Crippen molar-refractivity contribution >= 4 is 11.8 Å². The Hall–Kier alpha value is -3.76. The highest BCUT2D eigenvalue weighted by molar-refractivity contribution is 5.67. The first-order valence-electron chi connectivity index (χ1n) is 9.04. The van der Waals surface area contributed by atoms with Crippen molar-refractivity contribution in [1.29, 1.82) is 0 Å². The largest absolute Gasteiger partial charge is 0.445 e. The molecule has 10 nitrogen and oxygen atoms in total. The number of hydrogen-bond donors (Lipinski definition) is 3. The Kier molecular flexibility index (Phi) is 6.73. The van der Waals surface area contributed by atoms with Gasteiger partial charge in [0, 0.05) is 24.4 Å². The van der Waals surface area contributed by atoms with Gasteiger partial charge in [0.2, 0.25) is 0 Å². The second-order valence-electron chi connectivity index (χ2n) is 6.42. The zero-order valence-corrected chi connectivity index (χ0v) is 15.8. The van der Waals surface area contributed by atoms with E-state index in [1.54, 1.807) is 18.2 Å². The maximum Gasteiger partial charge on any atom is 0.407 e. The number of aliphatic hydroxyl groups excluding tert-OH is 2. The van der Waals surface area contributed by atoms with Crippen LogP contribution in [0.4, 0.5) is 10.5 Å². The van der Waals surface area contributed by atoms with Gasteiger partial charge >= 0.3 is 6.09 Å². The predicted molar refractivity (Wildman–Crippen MR) is 106 cm³/mol. The summed E-state index contributed by atoms with van der Waals surface area (Å²) < 4.78 is 6.28. The normalized spacial score (nSPS) is 12.7. The highest BCUT2D eigenvalue weighted by Gasteiger charge is 2.22. The van der Waals surface area contributed by atoms with Gasteiger partial charge in [-0.25, -0.2) is 9.48 Å². The quantitative estimate of drug-likeness (QED) is 0.380. The minimum atomic E-state index is -1.36. The SMILES string of the molecule is O=C(NCC(O)C(O)c1cnn(-c2ccccc2[N+](=O)[O-])c1)OCc1ccccc1. The molecule has 1 aromatic heterocycles. The van der Waals surface area contributed by atoms with Crippen LogP contribution >= 0.6 is 0 Å². The maximum absolute atomic E-state index is 11.8. The van der Waals surface area contributed by atoms with E-state index < -0.39 is 23.2 Å². The highest BCUT2D eigenvalue weighted by atomic mass is 16.6. The summed E-state index contributed by atoms with van der Waals surface area (Å²) >= 11 is 0. The summed E-state index contributed by atoms with van der Waals surface area (Å²) in [4.78, 5) is 22.4. The number of nitrogens with zero attached hydrogens (tertiary/aromatic N) is 3. The molecule has 0 fully saturated rings. The van der Waals surface area contributed by atoms with Gasteiger partial charge in [-0.05, 0) is 11.6 Å². The molecule has 0 bridgehead atoms. The van der Waals surface area contributed by atoms with Gasteiger partial charge in [0.1, 0.15) is 24.5 Å². The molecule has 1 heterocycles. The third-order valence-corrected chi connectivity index (χ3v) is 4.30. The first-order valence-corrected chi connectivity index (χ1v) is 9.04. The fraction of sp³-hybridized carbons (Fsp3) is 0.200. The number of nitrogens with one attached hydrogen (secondary N) is 1. The monoisotopic (exact) mass is 412 g/mol. The summed E-state index contributed by atoms with van der Waals surface area (Å²) in [5, 5.41) is 38.0. The second kappa shape index (κ2) is 9.63. The van der Waals surface area contributed by atoms with E-state index in [0.29, 0.717) is 0 Å². The molecule has 0 saturated heterocycles. The Morgan fingerprint density at radius 1 is 1.17 bits per heavy atom. The number of carbonyl (C=O) groups is 1. The van der Waals surface area contributed by atoms with Gasteiger partial charge in [-0.3, -0.25) is 10.1 Å². The molecule has 0 aliphatic carbocycles. The average Bonchev–Trinajstić information content (AvgIpc) is 3.26. The molecular weight excluding hydrogens is 392 g/mol. The van der Waals surface area contributed by atoms with E-state index in [1.165, 1.54) is 35.3 Å². The van der Waals surface area contributed by atoms with E-state index in [9.17, 15) is 25.1 Å². The summed E-state index contributed by atoms with van der Waals surface area (Å²) in [6, 6.07) is 15.1. The van der Waals surface area contributed by atoms with E-state index in [4.69, 9.17) is 4.74 Å². The highest BCUT2D eigenvalue weighted by Crippen LogP contribution is 2.24. The summed E-state index contributed by atoms with van der Waals surface area (Å²) in [6.07, 6.45) is -0.767. The van der Waals surface area contributed by atoms with Gasteiger partial charge in [0.15, 0.2) is 0 Å². The Morgan fingerprint density at radius 2 is 1.87 bits per heavy atom. The number of rotatable bonds is 8. The van der Waals surface area contributed by atoms with Crippen LogP contribution in [0.15, 0.2) is 67.0 Å². The number of aliphatic hydroxyl groups is 2. The van der Waals surface area contributed by atoms with Crippen molar-refractivity contribution in [1.82, 2.24) is 15.1 Å². The van der Waals surface area contributed by atoms with E-state index in [-0.39, 0.29) is 30.1 Å². The van der Waals surface area contributed by atoms with Gasteiger partial charge in [-0.1, -0.05) is 42.5 Å². The number of aromatic nitrogens is 2. The number of para-hydroxylation sites is 2. The van der Waals surface area contributed by atoms with Crippen LogP contribution in [0.3, 0.4) is 0 Å². The number of nitro groups is 1. The standard InChI is InChI=1S/C20H20N4O6/c25-18(11-21-20(27)30-13-14-6-2-1-3-7-14)19(26)15-10-22-23(12-15)16-8-4-5-9-17(16)24(28)29/h1-10,12,18-19,25-26H,11,13H2,(H,21,27). The number of hydrogen-bond acceptors (Lipinski definition) is 7. The fourth-order valence-corrected chi connectivity index (χ4v) is 2.73. The molecule has 30 heavy (non-hydrogen) atoms. The number of carbonyl (C=O) groups excluding carboxylic acids is 1. The Morgan fingerprint density at radius 3 is 2.60 bits per heavy atom. The Balaban J connectivity index is 1.56. The van der Waals surface area contributed by atoms with Crippen LogP contribution in [-0.2, 0) is 11.3 Å². The van der Waals surface area contributed by atoms with Crippen molar-refractivity contribution < 1.29 is 24.7 Å². The summed E-state index contributed by atoms with van der Waals surface area (Å²) in [5.74, 6) is 0. The first kappa shape index (κ1) is 21.0. The molecule has 2 aromatic carbocycles. The van der Waals surface area contributed by atoms with Crippen molar-refractivity contribution in [2.45, 2.75) is 18.8 Å². The Labute approximate surface area is 171 Å².